The van der Waals surface area contributed by atoms with Crippen LogP contribution in [-0.4, -0.2) is 65.3 Å². The summed E-state index contributed by atoms with van der Waals surface area (Å²) in [6.07, 6.45) is 0.927. The first-order valence-electron chi connectivity index (χ1n) is 9.39. The van der Waals surface area contributed by atoms with E-state index in [4.69, 9.17) is 9.15 Å². The zero-order chi connectivity index (χ0) is 18.0. The Morgan fingerprint density at radius 3 is 2.72 bits per heavy atom. The molecule has 2 unspecified atom stereocenters. The molecule has 1 aromatic heterocycles. The third-order valence-electron chi connectivity index (χ3n) is 4.89. The van der Waals surface area contributed by atoms with Crippen molar-refractivity contribution < 1.29 is 13.9 Å². The predicted octanol–water partition coefficient (Wildman–Crippen LogP) is 2.07. The van der Waals surface area contributed by atoms with Gasteiger partial charge in [-0.2, -0.15) is 0 Å². The van der Waals surface area contributed by atoms with E-state index in [1.807, 2.05) is 18.7 Å². The summed E-state index contributed by atoms with van der Waals surface area (Å²) in [4.78, 5) is 17.4. The van der Waals surface area contributed by atoms with Crippen LogP contribution in [-0.2, 0) is 9.53 Å². The third kappa shape index (κ3) is 4.20. The molecule has 1 amide bonds. The molecule has 140 valence electrons. The Morgan fingerprint density at radius 1 is 1.24 bits per heavy atom. The van der Waals surface area contributed by atoms with E-state index in [9.17, 15) is 4.79 Å². The molecule has 0 saturated carbocycles. The highest BCUT2D eigenvalue weighted by Gasteiger charge is 2.38. The highest BCUT2D eigenvalue weighted by atomic mass is 16.5. The SMILES string of the molecule is CC(C)CN1CCC(C(=O)N2CCOCC2c2nnc(C(C)C)o2)C1. The van der Waals surface area contributed by atoms with Crippen molar-refractivity contribution in [3.05, 3.63) is 11.8 Å². The van der Waals surface area contributed by atoms with Crippen molar-refractivity contribution in [1.82, 2.24) is 20.0 Å². The van der Waals surface area contributed by atoms with Gasteiger partial charge in [0.15, 0.2) is 0 Å². The molecule has 7 nitrogen and oxygen atoms in total. The molecular weight excluding hydrogens is 320 g/mol. The Labute approximate surface area is 149 Å². The van der Waals surface area contributed by atoms with Crippen LogP contribution in [0.5, 0.6) is 0 Å². The molecule has 2 aliphatic heterocycles. The lowest BCUT2D eigenvalue weighted by Gasteiger charge is -2.35. The number of amides is 1. The summed E-state index contributed by atoms with van der Waals surface area (Å²) >= 11 is 0. The molecule has 3 rings (SSSR count). The van der Waals surface area contributed by atoms with Gasteiger partial charge in [-0.25, -0.2) is 0 Å². The second-order valence-corrected chi connectivity index (χ2v) is 7.89. The second kappa shape index (κ2) is 7.83. The van der Waals surface area contributed by atoms with Crippen LogP contribution >= 0.6 is 0 Å². The molecule has 2 aliphatic rings. The lowest BCUT2D eigenvalue weighted by atomic mass is 10.1. The quantitative estimate of drug-likeness (QED) is 0.809. The minimum atomic E-state index is -0.264. The topological polar surface area (TPSA) is 71.7 Å². The van der Waals surface area contributed by atoms with Gasteiger partial charge in [-0.05, 0) is 18.9 Å². The zero-order valence-electron chi connectivity index (χ0n) is 15.8. The Morgan fingerprint density at radius 2 is 2.04 bits per heavy atom. The van der Waals surface area contributed by atoms with Gasteiger partial charge in [-0.1, -0.05) is 27.7 Å². The summed E-state index contributed by atoms with van der Waals surface area (Å²) in [7, 11) is 0. The lowest BCUT2D eigenvalue weighted by molar-refractivity contribution is -0.145. The van der Waals surface area contributed by atoms with Crippen LogP contribution in [0.4, 0.5) is 0 Å². The monoisotopic (exact) mass is 350 g/mol. The van der Waals surface area contributed by atoms with E-state index < -0.39 is 0 Å². The molecule has 7 heteroatoms. The maximum Gasteiger partial charge on any atom is 0.241 e. The fourth-order valence-corrected chi connectivity index (χ4v) is 3.64. The molecule has 1 aromatic rings. The summed E-state index contributed by atoms with van der Waals surface area (Å²) < 4.78 is 11.4. The summed E-state index contributed by atoms with van der Waals surface area (Å²) in [5, 5.41) is 8.28. The smallest absolute Gasteiger partial charge is 0.241 e. The standard InChI is InChI=1S/C18H30N4O3/c1-12(2)9-21-6-5-14(10-21)18(23)22-7-8-24-11-15(22)17-20-19-16(25-17)13(3)4/h12-15H,5-11H2,1-4H3. The molecular formula is C18H30N4O3. The van der Waals surface area contributed by atoms with Crippen LogP contribution in [0, 0.1) is 11.8 Å². The Hall–Kier alpha value is -1.47. The number of likely N-dealkylation sites (tertiary alicyclic amines) is 1. The van der Waals surface area contributed by atoms with E-state index >= 15 is 0 Å². The fraction of sp³-hybridized carbons (Fsp3) is 0.833. The Balaban J connectivity index is 1.69. The van der Waals surface area contributed by atoms with Gasteiger partial charge in [-0.3, -0.25) is 4.79 Å². The van der Waals surface area contributed by atoms with Crippen molar-refractivity contribution >= 4 is 5.91 Å². The number of carbonyl (C=O) groups excluding carboxylic acids is 1. The number of nitrogens with zero attached hydrogens (tertiary/aromatic N) is 4. The number of hydrogen-bond donors (Lipinski definition) is 0. The highest BCUT2D eigenvalue weighted by Crippen LogP contribution is 2.29. The minimum Gasteiger partial charge on any atom is -0.423 e. The van der Waals surface area contributed by atoms with E-state index in [1.54, 1.807) is 0 Å². The first-order chi connectivity index (χ1) is 12.0. The summed E-state index contributed by atoms with van der Waals surface area (Å²) in [6.45, 7) is 12.9. The van der Waals surface area contributed by atoms with Crippen molar-refractivity contribution in [2.24, 2.45) is 11.8 Å². The highest BCUT2D eigenvalue weighted by molar-refractivity contribution is 5.80. The van der Waals surface area contributed by atoms with Crippen LogP contribution in [0.25, 0.3) is 0 Å². The summed E-state index contributed by atoms with van der Waals surface area (Å²) in [5.74, 6) is 2.16. The molecule has 0 aliphatic carbocycles. The van der Waals surface area contributed by atoms with Gasteiger partial charge in [0, 0.05) is 25.6 Å². The normalized spacial score (nSPS) is 25.3. The van der Waals surface area contributed by atoms with Crippen LogP contribution in [0.15, 0.2) is 4.42 Å². The molecule has 0 spiro atoms. The van der Waals surface area contributed by atoms with E-state index in [1.165, 1.54) is 0 Å². The van der Waals surface area contributed by atoms with E-state index in [0.717, 1.165) is 26.1 Å². The molecule has 0 bridgehead atoms. The van der Waals surface area contributed by atoms with Gasteiger partial charge in [0.2, 0.25) is 17.7 Å². The van der Waals surface area contributed by atoms with E-state index in [-0.39, 0.29) is 23.8 Å². The molecule has 2 saturated heterocycles. The molecule has 2 atom stereocenters. The molecule has 3 heterocycles. The lowest BCUT2D eigenvalue weighted by Crippen LogP contribution is -2.46. The average molecular weight is 350 g/mol. The number of ether oxygens (including phenoxy) is 1. The van der Waals surface area contributed by atoms with Gasteiger partial charge in [-0.15, -0.1) is 10.2 Å². The maximum absolute atomic E-state index is 13.1. The Bertz CT molecular complexity index is 587. The second-order valence-electron chi connectivity index (χ2n) is 7.89. The number of aromatic nitrogens is 2. The van der Waals surface area contributed by atoms with Crippen LogP contribution < -0.4 is 0 Å². The van der Waals surface area contributed by atoms with Crippen molar-refractivity contribution in [3.8, 4) is 0 Å². The molecule has 0 N–H and O–H groups in total. The van der Waals surface area contributed by atoms with Gasteiger partial charge >= 0.3 is 0 Å². The first kappa shape index (κ1) is 18.3. The van der Waals surface area contributed by atoms with Crippen molar-refractivity contribution in [2.45, 2.75) is 46.1 Å². The van der Waals surface area contributed by atoms with Gasteiger partial charge < -0.3 is 19.0 Å². The number of morpholine rings is 1. The molecule has 2 fully saturated rings. The average Bonchev–Trinajstić information content (AvgIpc) is 3.23. The van der Waals surface area contributed by atoms with Gasteiger partial charge in [0.05, 0.1) is 19.1 Å². The van der Waals surface area contributed by atoms with E-state index in [2.05, 4.69) is 28.9 Å². The predicted molar refractivity (Wildman–Crippen MR) is 93.0 cm³/mol. The van der Waals surface area contributed by atoms with E-state index in [0.29, 0.717) is 37.5 Å². The van der Waals surface area contributed by atoms with Crippen LogP contribution in [0.1, 0.15) is 57.9 Å². The summed E-state index contributed by atoms with van der Waals surface area (Å²) in [6, 6.07) is -0.264. The molecule has 25 heavy (non-hydrogen) atoms. The Kier molecular flexibility index (Phi) is 5.74. The van der Waals surface area contributed by atoms with Gasteiger partial charge in [0.25, 0.3) is 0 Å². The zero-order valence-corrected chi connectivity index (χ0v) is 15.8. The maximum atomic E-state index is 13.1. The number of hydrogen-bond acceptors (Lipinski definition) is 6. The van der Waals surface area contributed by atoms with Crippen molar-refractivity contribution in [2.75, 3.05) is 39.4 Å². The number of rotatable bonds is 5. The number of carbonyl (C=O) groups is 1. The van der Waals surface area contributed by atoms with Crippen molar-refractivity contribution in [3.63, 3.8) is 0 Å². The van der Waals surface area contributed by atoms with Gasteiger partial charge in [0.1, 0.15) is 6.04 Å². The van der Waals surface area contributed by atoms with Crippen LogP contribution in [0.2, 0.25) is 0 Å². The largest absolute Gasteiger partial charge is 0.423 e. The van der Waals surface area contributed by atoms with Crippen molar-refractivity contribution in [1.29, 1.82) is 0 Å². The molecule has 0 radical (unpaired) electrons. The first-order valence-corrected chi connectivity index (χ1v) is 9.39. The molecule has 0 aromatic carbocycles. The van der Waals surface area contributed by atoms with Crippen LogP contribution in [0.3, 0.4) is 0 Å². The summed E-state index contributed by atoms with van der Waals surface area (Å²) in [5.41, 5.74) is 0. The fourth-order valence-electron chi connectivity index (χ4n) is 3.64. The minimum absolute atomic E-state index is 0.0619. The third-order valence-corrected chi connectivity index (χ3v) is 4.89.